The molecule has 0 heterocycles. The van der Waals surface area contributed by atoms with Crippen LogP contribution in [0.4, 0.5) is 11.4 Å². The number of esters is 1. The van der Waals surface area contributed by atoms with E-state index in [2.05, 4.69) is 39.2 Å². The highest BCUT2D eigenvalue weighted by atomic mass is 28.4. The van der Waals surface area contributed by atoms with Gasteiger partial charge in [-0.2, -0.15) is 0 Å². The molecular formula is C24H34N2O4Si. The van der Waals surface area contributed by atoms with E-state index in [0.29, 0.717) is 18.7 Å². The van der Waals surface area contributed by atoms with Crippen molar-refractivity contribution >= 4 is 31.6 Å². The summed E-state index contributed by atoms with van der Waals surface area (Å²) in [6.45, 7) is 12.1. The molecule has 0 aliphatic heterocycles. The topological polar surface area (TPSA) is 67.9 Å². The van der Waals surface area contributed by atoms with Crippen LogP contribution in [0.2, 0.25) is 18.1 Å². The number of hydrogen-bond donors (Lipinski definition) is 1. The molecule has 0 aliphatic rings. The van der Waals surface area contributed by atoms with E-state index < -0.39 is 8.32 Å². The van der Waals surface area contributed by atoms with Crippen LogP contribution in [-0.4, -0.2) is 47.0 Å². The third-order valence-electron chi connectivity index (χ3n) is 5.70. The number of hydrogen-bond acceptors (Lipinski definition) is 5. The summed E-state index contributed by atoms with van der Waals surface area (Å²) < 4.78 is 11.0. The lowest BCUT2D eigenvalue weighted by atomic mass is 10.2. The zero-order chi connectivity index (χ0) is 23.1. The minimum Gasteiger partial charge on any atom is -0.465 e. The van der Waals surface area contributed by atoms with Gasteiger partial charge in [0.1, 0.15) is 0 Å². The fourth-order valence-electron chi connectivity index (χ4n) is 2.73. The van der Waals surface area contributed by atoms with Crippen molar-refractivity contribution in [3.8, 4) is 0 Å². The summed E-state index contributed by atoms with van der Waals surface area (Å²) in [6, 6.07) is 16.5. The monoisotopic (exact) mass is 442 g/mol. The summed E-state index contributed by atoms with van der Waals surface area (Å²) >= 11 is 0. The Morgan fingerprint density at radius 2 is 1.61 bits per heavy atom. The van der Waals surface area contributed by atoms with E-state index in [9.17, 15) is 9.59 Å². The number of nitrogens with one attached hydrogen (secondary N) is 1. The van der Waals surface area contributed by atoms with Crippen molar-refractivity contribution in [2.24, 2.45) is 0 Å². The summed E-state index contributed by atoms with van der Waals surface area (Å²) in [7, 11) is -0.541. The molecule has 2 aromatic rings. The molecule has 0 aliphatic carbocycles. The first kappa shape index (κ1) is 24.6. The van der Waals surface area contributed by atoms with E-state index in [1.54, 1.807) is 29.2 Å². The largest absolute Gasteiger partial charge is 0.465 e. The molecule has 0 aromatic heterocycles. The smallest absolute Gasteiger partial charge is 0.337 e. The van der Waals surface area contributed by atoms with Crippen molar-refractivity contribution in [3.05, 3.63) is 60.2 Å². The first-order chi connectivity index (χ1) is 14.5. The molecule has 0 unspecified atom stereocenters. The first-order valence-electron chi connectivity index (χ1n) is 10.5. The molecule has 2 aromatic carbocycles. The van der Waals surface area contributed by atoms with E-state index >= 15 is 0 Å². The quantitative estimate of drug-likeness (QED) is 0.440. The van der Waals surface area contributed by atoms with Gasteiger partial charge in [0.05, 0.1) is 25.8 Å². The SMILES string of the molecule is COC(=O)c1ccc(NCC(=O)N(CCO[Si](C)(C)C(C)(C)C)c2ccccc2)cc1. The minimum atomic E-state index is -1.89. The molecule has 0 atom stereocenters. The number of carbonyl (C=O) groups excluding carboxylic acids is 2. The summed E-state index contributed by atoms with van der Waals surface area (Å²) in [5.74, 6) is -0.443. The molecule has 0 radical (unpaired) electrons. The third kappa shape index (κ3) is 6.94. The van der Waals surface area contributed by atoms with Gasteiger partial charge in [-0.05, 0) is 54.5 Å². The zero-order valence-electron chi connectivity index (χ0n) is 19.4. The molecule has 31 heavy (non-hydrogen) atoms. The maximum atomic E-state index is 13.0. The maximum Gasteiger partial charge on any atom is 0.337 e. The molecule has 0 bridgehead atoms. The third-order valence-corrected chi connectivity index (χ3v) is 10.2. The van der Waals surface area contributed by atoms with Crippen molar-refractivity contribution in [1.29, 1.82) is 0 Å². The summed E-state index contributed by atoms with van der Waals surface area (Å²) in [5, 5.41) is 3.25. The normalized spacial score (nSPS) is 11.7. The zero-order valence-corrected chi connectivity index (χ0v) is 20.4. The Balaban J connectivity index is 2.03. The van der Waals surface area contributed by atoms with Gasteiger partial charge in [0.25, 0.3) is 0 Å². The van der Waals surface area contributed by atoms with Crippen molar-refractivity contribution in [2.75, 3.05) is 37.0 Å². The molecule has 0 fully saturated rings. The second-order valence-corrected chi connectivity index (χ2v) is 13.7. The minimum absolute atomic E-state index is 0.0536. The highest BCUT2D eigenvalue weighted by molar-refractivity contribution is 6.74. The number of benzene rings is 2. The van der Waals surface area contributed by atoms with Crippen molar-refractivity contribution in [2.45, 2.75) is 38.9 Å². The van der Waals surface area contributed by atoms with Crippen LogP contribution in [0.5, 0.6) is 0 Å². The van der Waals surface area contributed by atoms with Gasteiger partial charge in [-0.25, -0.2) is 4.79 Å². The first-order valence-corrected chi connectivity index (χ1v) is 13.4. The predicted molar refractivity (Wildman–Crippen MR) is 128 cm³/mol. The fourth-order valence-corrected chi connectivity index (χ4v) is 3.76. The Hall–Kier alpha value is -2.64. The molecule has 7 heteroatoms. The lowest BCUT2D eigenvalue weighted by molar-refractivity contribution is -0.117. The molecule has 6 nitrogen and oxygen atoms in total. The lowest BCUT2D eigenvalue weighted by Crippen LogP contribution is -2.44. The van der Waals surface area contributed by atoms with Crippen LogP contribution in [-0.2, 0) is 14.0 Å². The van der Waals surface area contributed by atoms with Gasteiger partial charge < -0.3 is 19.4 Å². The van der Waals surface area contributed by atoms with E-state index in [-0.39, 0.29) is 23.5 Å². The number of rotatable bonds is 9. The van der Waals surface area contributed by atoms with Crippen LogP contribution in [0.25, 0.3) is 0 Å². The maximum absolute atomic E-state index is 13.0. The number of para-hydroxylation sites is 1. The Kier molecular flexibility index (Phi) is 8.41. The predicted octanol–water partition coefficient (Wildman–Crippen LogP) is 4.94. The van der Waals surface area contributed by atoms with E-state index in [4.69, 9.17) is 9.16 Å². The van der Waals surface area contributed by atoms with Crippen LogP contribution < -0.4 is 10.2 Å². The second-order valence-electron chi connectivity index (χ2n) is 8.91. The molecule has 1 N–H and O–H groups in total. The summed E-state index contributed by atoms with van der Waals surface area (Å²) in [6.07, 6.45) is 0. The van der Waals surface area contributed by atoms with Crippen LogP contribution in [0.15, 0.2) is 54.6 Å². The fraction of sp³-hybridized carbons (Fsp3) is 0.417. The molecular weight excluding hydrogens is 408 g/mol. The number of ether oxygens (including phenoxy) is 1. The molecule has 168 valence electrons. The van der Waals surface area contributed by atoms with Gasteiger partial charge in [0.2, 0.25) is 5.91 Å². The Labute approximate surface area is 186 Å². The van der Waals surface area contributed by atoms with Crippen LogP contribution in [0.3, 0.4) is 0 Å². The number of anilines is 2. The molecule has 2 rings (SSSR count). The van der Waals surface area contributed by atoms with E-state index in [1.165, 1.54) is 7.11 Å². The van der Waals surface area contributed by atoms with Gasteiger partial charge in [0, 0.05) is 17.9 Å². The summed E-state index contributed by atoms with van der Waals surface area (Å²) in [5.41, 5.74) is 2.06. The number of nitrogens with zero attached hydrogens (tertiary/aromatic N) is 1. The molecule has 0 spiro atoms. The van der Waals surface area contributed by atoms with E-state index in [0.717, 1.165) is 11.4 Å². The van der Waals surface area contributed by atoms with Gasteiger partial charge in [0.15, 0.2) is 8.32 Å². The van der Waals surface area contributed by atoms with Crippen molar-refractivity contribution in [3.63, 3.8) is 0 Å². The number of carbonyl (C=O) groups is 2. The van der Waals surface area contributed by atoms with Gasteiger partial charge in [-0.1, -0.05) is 39.0 Å². The number of methoxy groups -OCH3 is 1. The summed E-state index contributed by atoms with van der Waals surface area (Å²) in [4.78, 5) is 26.3. The highest BCUT2D eigenvalue weighted by Gasteiger charge is 2.37. The Morgan fingerprint density at radius 1 is 1.00 bits per heavy atom. The van der Waals surface area contributed by atoms with E-state index in [1.807, 2.05) is 30.3 Å². The average Bonchev–Trinajstić information content (AvgIpc) is 2.74. The van der Waals surface area contributed by atoms with Crippen LogP contribution >= 0.6 is 0 Å². The Bertz CT molecular complexity index is 861. The lowest BCUT2D eigenvalue weighted by Gasteiger charge is -2.36. The number of amides is 1. The van der Waals surface area contributed by atoms with Crippen LogP contribution in [0, 0.1) is 0 Å². The molecule has 0 saturated heterocycles. The highest BCUT2D eigenvalue weighted by Crippen LogP contribution is 2.36. The van der Waals surface area contributed by atoms with Crippen LogP contribution in [0.1, 0.15) is 31.1 Å². The van der Waals surface area contributed by atoms with Gasteiger partial charge in [-0.15, -0.1) is 0 Å². The van der Waals surface area contributed by atoms with Gasteiger partial charge >= 0.3 is 5.97 Å². The Morgan fingerprint density at radius 3 is 2.16 bits per heavy atom. The van der Waals surface area contributed by atoms with Crippen molar-refractivity contribution in [1.82, 2.24) is 0 Å². The van der Waals surface area contributed by atoms with Gasteiger partial charge in [-0.3, -0.25) is 4.79 Å². The average molecular weight is 443 g/mol. The molecule has 0 saturated carbocycles. The standard InChI is InChI=1S/C24H34N2O4Si/c1-24(2,3)31(5,6)30-17-16-26(21-10-8-7-9-11-21)22(27)18-25-20-14-12-19(13-15-20)23(28)29-4/h7-15,25H,16-18H2,1-6H3. The molecule has 1 amide bonds. The second kappa shape index (κ2) is 10.6. The van der Waals surface area contributed by atoms with Crippen molar-refractivity contribution < 1.29 is 18.8 Å².